The van der Waals surface area contributed by atoms with E-state index in [0.29, 0.717) is 0 Å². The summed E-state index contributed by atoms with van der Waals surface area (Å²) in [5.74, 6) is 0. The Balaban J connectivity index is 1.47. The summed E-state index contributed by atoms with van der Waals surface area (Å²) in [6.07, 6.45) is 0. The Morgan fingerprint density at radius 1 is 0.296 bits per heavy atom. The Labute approximate surface area is 432 Å². The van der Waals surface area contributed by atoms with Crippen LogP contribution in [0.2, 0.25) is 0 Å². The second-order valence-corrected chi connectivity index (χ2v) is 34.1. The minimum atomic E-state index is -3.96. The van der Waals surface area contributed by atoms with Gasteiger partial charge in [-0.25, -0.2) is 0 Å². The van der Waals surface area contributed by atoms with Crippen LogP contribution in [0.15, 0.2) is 72.8 Å². The van der Waals surface area contributed by atoms with Gasteiger partial charge in [0.15, 0.2) is 0 Å². The molecule has 0 N–H and O–H groups in total. The fourth-order valence-electron chi connectivity index (χ4n) is 9.35. The summed E-state index contributed by atoms with van der Waals surface area (Å²) in [4.78, 5) is 0. The maximum absolute atomic E-state index is 16.1. The molecule has 4 aromatic carbocycles. The molecule has 0 bridgehead atoms. The quantitative estimate of drug-likeness (QED) is 0.179. The fraction of sp³-hybridized carbons (Fsp3) is 0.619. The lowest BCUT2D eigenvalue weighted by Gasteiger charge is -2.46. The van der Waals surface area contributed by atoms with Gasteiger partial charge >= 0.3 is 15.2 Å². The van der Waals surface area contributed by atoms with Gasteiger partial charge in [0.1, 0.15) is 11.3 Å². The van der Waals surface area contributed by atoms with Gasteiger partial charge in [0, 0.05) is 0 Å². The van der Waals surface area contributed by atoms with Crippen molar-refractivity contribution in [2.24, 2.45) is 5.41 Å². The van der Waals surface area contributed by atoms with E-state index in [-0.39, 0.29) is 69.7 Å². The van der Waals surface area contributed by atoms with Gasteiger partial charge < -0.3 is 18.1 Å². The first-order chi connectivity index (χ1) is 31.8. The lowest BCUT2D eigenvalue weighted by molar-refractivity contribution is -0.0703. The van der Waals surface area contributed by atoms with Crippen LogP contribution in [0.3, 0.4) is 0 Å². The molecule has 2 aliphatic heterocycles. The van der Waals surface area contributed by atoms with Gasteiger partial charge in [0.25, 0.3) is 0 Å². The van der Waals surface area contributed by atoms with Gasteiger partial charge in [-0.05, 0) is 110 Å². The van der Waals surface area contributed by atoms with Crippen LogP contribution in [0.1, 0.15) is 244 Å². The molecule has 0 atom stereocenters. The first-order valence-electron chi connectivity index (χ1n) is 26.3. The van der Waals surface area contributed by atoms with E-state index in [2.05, 4.69) is 239 Å². The number of hydrogen-bond donors (Lipinski definition) is 0. The average Bonchev–Trinajstić information content (AvgIpc) is 3.20. The van der Waals surface area contributed by atoms with E-state index >= 15 is 9.13 Å². The van der Waals surface area contributed by atoms with Crippen molar-refractivity contribution in [3.8, 4) is 0 Å². The van der Waals surface area contributed by atoms with Crippen molar-refractivity contribution < 1.29 is 27.2 Å². The van der Waals surface area contributed by atoms with Crippen LogP contribution in [0.4, 0.5) is 0 Å². The Morgan fingerprint density at radius 3 is 0.563 bits per heavy atom. The van der Waals surface area contributed by atoms with Crippen molar-refractivity contribution in [3.05, 3.63) is 140 Å². The zero-order chi connectivity index (χ0) is 53.7. The third-order valence-electron chi connectivity index (χ3n) is 14.8. The summed E-state index contributed by atoms with van der Waals surface area (Å²) in [7, 11) is -7.92. The zero-order valence-corrected chi connectivity index (χ0v) is 50.5. The maximum Gasteiger partial charge on any atom is 0.342 e. The third kappa shape index (κ3) is 12.8. The standard InChI is InChI=1S/C63H94O6P2/c1-55(2,3)45-25-41(26-46(33-45)56(4,5)6)53(42-27-47(57(7,8)9)34-48(28-42)58(10,11)12)70(64)66-37-63(38-67-70)39-68-71(65,69-40-63)54(43-29-49(59(13,14)15)35-50(30-43)60(16,17)18)44-31-51(61(19,20)21)36-52(32-44)62(22,23)24/h25-36,53-54H,37-40H2,1-24H3. The fourth-order valence-corrected chi connectivity index (χ4v) is 14.0. The van der Waals surface area contributed by atoms with Gasteiger partial charge in [0.2, 0.25) is 0 Å². The molecule has 392 valence electrons. The van der Waals surface area contributed by atoms with Gasteiger partial charge in [0.05, 0.1) is 31.8 Å². The highest BCUT2D eigenvalue weighted by molar-refractivity contribution is 7.55. The molecule has 2 aliphatic rings. The SMILES string of the molecule is CC(C)(C)c1cc(C(c2cc(C(C)(C)C)cc(C(C)(C)C)c2)P2(=O)OCC3(CO2)COP(=O)(C(c2cc(C(C)(C)C)cc(C(C)(C)C)c2)c2cc(C(C)(C)C)cc(C(C)(C)C)c2)OC3)cc(C(C)(C)C)c1. The summed E-state index contributed by atoms with van der Waals surface area (Å²) < 4.78 is 59.5. The average molecular weight is 1010 g/mol. The lowest BCUT2D eigenvalue weighted by Crippen LogP contribution is -2.46. The van der Waals surface area contributed by atoms with Crippen molar-refractivity contribution in [3.63, 3.8) is 0 Å². The van der Waals surface area contributed by atoms with Crippen molar-refractivity contribution in [2.75, 3.05) is 26.4 Å². The maximum atomic E-state index is 16.1. The normalized spacial score (nSPS) is 22.5. The number of rotatable bonds is 6. The van der Waals surface area contributed by atoms with E-state index in [0.717, 1.165) is 66.8 Å². The highest BCUT2D eigenvalue weighted by Gasteiger charge is 2.54. The molecule has 1 spiro atoms. The molecule has 0 aromatic heterocycles. The second kappa shape index (κ2) is 18.8. The predicted octanol–water partition coefficient (Wildman–Crippen LogP) is 18.4. The van der Waals surface area contributed by atoms with Crippen LogP contribution in [0.25, 0.3) is 0 Å². The first kappa shape index (κ1) is 57.5. The van der Waals surface area contributed by atoms with Crippen LogP contribution in [0, 0.1) is 5.41 Å². The summed E-state index contributed by atoms with van der Waals surface area (Å²) in [6.45, 7) is 53.7. The monoisotopic (exact) mass is 1010 g/mol. The van der Waals surface area contributed by atoms with Crippen molar-refractivity contribution in [1.29, 1.82) is 0 Å². The minimum absolute atomic E-state index is 0.0585. The molecular weight excluding hydrogens is 915 g/mol. The van der Waals surface area contributed by atoms with E-state index in [9.17, 15) is 0 Å². The highest BCUT2D eigenvalue weighted by atomic mass is 31.2. The Hall–Kier alpha value is -2.82. The molecule has 0 amide bonds. The largest absolute Gasteiger partial charge is 0.342 e. The van der Waals surface area contributed by atoms with Crippen LogP contribution in [-0.2, 0) is 70.5 Å². The third-order valence-corrected chi connectivity index (χ3v) is 19.3. The van der Waals surface area contributed by atoms with Gasteiger partial charge in [-0.15, -0.1) is 0 Å². The molecule has 4 aromatic rings. The molecule has 8 heteroatoms. The summed E-state index contributed by atoms with van der Waals surface area (Å²) in [5, 5.41) is 0. The van der Waals surface area contributed by atoms with Crippen molar-refractivity contribution in [2.45, 2.75) is 221 Å². The molecule has 0 unspecified atom stereocenters. The zero-order valence-electron chi connectivity index (χ0n) is 48.8. The molecule has 6 nitrogen and oxygen atoms in total. The molecule has 6 rings (SSSR count). The topological polar surface area (TPSA) is 71.1 Å². The Morgan fingerprint density at radius 2 is 0.437 bits per heavy atom. The smallest absolute Gasteiger partial charge is 0.307 e. The van der Waals surface area contributed by atoms with Crippen LogP contribution < -0.4 is 0 Å². The first-order valence-corrected chi connectivity index (χ1v) is 29.5. The second-order valence-electron chi connectivity index (χ2n) is 29.9. The van der Waals surface area contributed by atoms with E-state index in [1.54, 1.807) is 0 Å². The summed E-state index contributed by atoms with van der Waals surface area (Å²) >= 11 is 0. The van der Waals surface area contributed by atoms with E-state index < -0.39 is 31.9 Å². The molecule has 0 saturated carbocycles. The molecule has 2 heterocycles. The van der Waals surface area contributed by atoms with Crippen molar-refractivity contribution >= 4 is 15.2 Å². The van der Waals surface area contributed by atoms with Crippen LogP contribution in [0.5, 0.6) is 0 Å². The van der Waals surface area contributed by atoms with Gasteiger partial charge in [-0.2, -0.15) is 0 Å². The predicted molar refractivity (Wildman–Crippen MR) is 301 cm³/mol. The number of benzene rings is 4. The van der Waals surface area contributed by atoms with Crippen LogP contribution >= 0.6 is 15.2 Å². The molecule has 71 heavy (non-hydrogen) atoms. The Kier molecular flexibility index (Phi) is 15.2. The van der Waals surface area contributed by atoms with E-state index in [1.807, 2.05) is 0 Å². The summed E-state index contributed by atoms with van der Waals surface area (Å²) in [6, 6.07) is 27.0. The van der Waals surface area contributed by atoms with Crippen molar-refractivity contribution in [1.82, 2.24) is 0 Å². The van der Waals surface area contributed by atoms with Gasteiger partial charge in [-0.3, -0.25) is 9.13 Å². The highest BCUT2D eigenvalue weighted by Crippen LogP contribution is 2.71. The van der Waals surface area contributed by atoms with Crippen LogP contribution in [-0.4, -0.2) is 26.4 Å². The Bertz CT molecular complexity index is 2210. The molecule has 2 saturated heterocycles. The number of hydrogen-bond acceptors (Lipinski definition) is 6. The van der Waals surface area contributed by atoms with E-state index in [1.165, 1.54) is 0 Å². The minimum Gasteiger partial charge on any atom is -0.307 e. The molecule has 0 aliphatic carbocycles. The molecule has 0 radical (unpaired) electrons. The summed E-state index contributed by atoms with van der Waals surface area (Å²) in [5.41, 5.74) is 9.28. The molecular formula is C63H94O6P2. The van der Waals surface area contributed by atoms with Gasteiger partial charge in [-0.1, -0.05) is 239 Å². The lowest BCUT2D eigenvalue weighted by atomic mass is 9.77. The molecule has 2 fully saturated rings. The van der Waals surface area contributed by atoms with E-state index in [4.69, 9.17) is 18.1 Å².